The molecule has 1 nitrogen and oxygen atoms in total. The summed E-state index contributed by atoms with van der Waals surface area (Å²) >= 11 is 0. The molecule has 0 unspecified atom stereocenters. The number of carbonyl (C=O) groups is 1. The molecule has 2 aromatic rings. The maximum absolute atomic E-state index is 12.4. The molecule has 0 fully saturated rings. The van der Waals surface area contributed by atoms with Gasteiger partial charge in [-0.25, -0.2) is 0 Å². The van der Waals surface area contributed by atoms with Crippen LogP contribution < -0.4 is 0 Å². The van der Waals surface area contributed by atoms with Crippen molar-refractivity contribution in [3.63, 3.8) is 0 Å². The highest BCUT2D eigenvalue weighted by Crippen LogP contribution is 2.28. The lowest BCUT2D eigenvalue weighted by molar-refractivity contribution is -0.137. The summed E-state index contributed by atoms with van der Waals surface area (Å²) in [6, 6.07) is 13.8. The Labute approximate surface area is 138 Å². The molecule has 120 valence electrons. The highest BCUT2D eigenvalue weighted by atomic mass is 19.4. The standard InChI is InChI=1S/C20H13F3O/c21-20(22,23)18-13-10-17(11-14-18)12-15-19(24)9-5-4-8-16-6-2-1-3-7-16/h1-3,6-7,10-11,13-14H,5,9H2. The fourth-order valence-electron chi connectivity index (χ4n) is 1.81. The number of hydrogen-bond donors (Lipinski definition) is 0. The SMILES string of the molecule is O=C(C#Cc1ccc(C(F)(F)F)cc1)CCC#Cc1ccccc1. The summed E-state index contributed by atoms with van der Waals surface area (Å²) in [6.07, 6.45) is -3.80. The zero-order valence-corrected chi connectivity index (χ0v) is 12.7. The Morgan fingerprint density at radius 3 is 2.12 bits per heavy atom. The Morgan fingerprint density at radius 1 is 0.875 bits per heavy atom. The molecule has 4 heteroatoms. The minimum absolute atomic E-state index is 0.188. The molecule has 0 aromatic heterocycles. The van der Waals surface area contributed by atoms with Crippen molar-refractivity contribution in [1.82, 2.24) is 0 Å². The van der Waals surface area contributed by atoms with E-state index in [4.69, 9.17) is 0 Å². The van der Waals surface area contributed by atoms with Crippen molar-refractivity contribution in [3.8, 4) is 23.7 Å². The zero-order chi connectivity index (χ0) is 17.4. The van der Waals surface area contributed by atoms with E-state index in [1.165, 1.54) is 12.1 Å². The summed E-state index contributed by atoms with van der Waals surface area (Å²) in [5.74, 6) is 10.5. The van der Waals surface area contributed by atoms with Gasteiger partial charge in [-0.3, -0.25) is 4.79 Å². The van der Waals surface area contributed by atoms with Crippen molar-refractivity contribution in [2.75, 3.05) is 0 Å². The van der Waals surface area contributed by atoms with Crippen LogP contribution in [-0.4, -0.2) is 5.78 Å². The summed E-state index contributed by atoms with van der Waals surface area (Å²) in [4.78, 5) is 11.6. The second kappa shape index (κ2) is 8.04. The maximum atomic E-state index is 12.4. The molecular formula is C20H13F3O. The van der Waals surface area contributed by atoms with Gasteiger partial charge in [0, 0.05) is 24.0 Å². The van der Waals surface area contributed by atoms with Gasteiger partial charge in [0.15, 0.2) is 0 Å². The quantitative estimate of drug-likeness (QED) is 0.745. The van der Waals surface area contributed by atoms with Gasteiger partial charge in [0.1, 0.15) is 0 Å². The first kappa shape index (κ1) is 17.4. The second-order valence-electron chi connectivity index (χ2n) is 4.92. The number of alkyl halides is 3. The maximum Gasteiger partial charge on any atom is 0.416 e. The lowest BCUT2D eigenvalue weighted by Gasteiger charge is -2.05. The third-order valence-corrected chi connectivity index (χ3v) is 3.04. The molecule has 0 atom stereocenters. The Balaban J connectivity index is 1.87. The molecule has 0 amide bonds. The number of hydrogen-bond acceptors (Lipinski definition) is 1. The van der Waals surface area contributed by atoms with E-state index in [9.17, 15) is 18.0 Å². The predicted molar refractivity (Wildman–Crippen MR) is 85.9 cm³/mol. The molecule has 0 bridgehead atoms. The third-order valence-electron chi connectivity index (χ3n) is 3.04. The van der Waals surface area contributed by atoms with Crippen LogP contribution in [-0.2, 0) is 11.0 Å². The Bertz CT molecular complexity index is 811. The summed E-state index contributed by atoms with van der Waals surface area (Å²) in [5.41, 5.74) is 0.503. The first-order valence-electron chi connectivity index (χ1n) is 7.21. The number of benzene rings is 2. The molecular weight excluding hydrogens is 313 g/mol. The minimum Gasteiger partial charge on any atom is -0.285 e. The van der Waals surface area contributed by atoms with E-state index in [2.05, 4.69) is 23.7 Å². The van der Waals surface area contributed by atoms with Crippen LogP contribution in [0.5, 0.6) is 0 Å². The first-order chi connectivity index (χ1) is 11.4. The summed E-state index contributed by atoms with van der Waals surface area (Å²) in [6.45, 7) is 0. The van der Waals surface area contributed by atoms with Crippen molar-refractivity contribution in [3.05, 3.63) is 71.3 Å². The van der Waals surface area contributed by atoms with E-state index in [1.807, 2.05) is 30.3 Å². The molecule has 2 aromatic carbocycles. The van der Waals surface area contributed by atoms with Gasteiger partial charge >= 0.3 is 6.18 Å². The van der Waals surface area contributed by atoms with Crippen LogP contribution in [0.1, 0.15) is 29.5 Å². The van der Waals surface area contributed by atoms with E-state index >= 15 is 0 Å². The van der Waals surface area contributed by atoms with Crippen LogP contribution >= 0.6 is 0 Å². The van der Waals surface area contributed by atoms with Crippen LogP contribution in [0.2, 0.25) is 0 Å². The number of halogens is 3. The van der Waals surface area contributed by atoms with E-state index in [0.717, 1.165) is 17.7 Å². The van der Waals surface area contributed by atoms with Crippen LogP contribution in [0.4, 0.5) is 13.2 Å². The molecule has 0 saturated heterocycles. The van der Waals surface area contributed by atoms with Gasteiger partial charge < -0.3 is 0 Å². The minimum atomic E-state index is -4.38. The van der Waals surface area contributed by atoms with Gasteiger partial charge in [-0.15, -0.1) is 0 Å². The van der Waals surface area contributed by atoms with Crippen LogP contribution in [0, 0.1) is 23.7 Å². The number of Topliss-reactive ketones (excluding diaryl/α,β-unsaturated/α-hetero) is 1. The molecule has 24 heavy (non-hydrogen) atoms. The Hall–Kier alpha value is -2.98. The molecule has 0 spiro atoms. The van der Waals surface area contributed by atoms with Crippen LogP contribution in [0.3, 0.4) is 0 Å². The summed E-state index contributed by atoms with van der Waals surface area (Å²) in [7, 11) is 0. The largest absolute Gasteiger partial charge is 0.416 e. The highest BCUT2D eigenvalue weighted by molar-refractivity contribution is 5.96. The lowest BCUT2D eigenvalue weighted by Crippen LogP contribution is -2.04. The number of rotatable bonds is 2. The average molecular weight is 326 g/mol. The van der Waals surface area contributed by atoms with Gasteiger partial charge in [0.2, 0.25) is 5.78 Å². The van der Waals surface area contributed by atoms with Crippen molar-refractivity contribution >= 4 is 5.78 Å². The number of ketones is 1. The fourth-order valence-corrected chi connectivity index (χ4v) is 1.81. The normalized spacial score (nSPS) is 10.1. The van der Waals surface area contributed by atoms with Crippen molar-refractivity contribution in [1.29, 1.82) is 0 Å². The smallest absolute Gasteiger partial charge is 0.285 e. The van der Waals surface area contributed by atoms with Gasteiger partial charge in [-0.2, -0.15) is 13.2 Å². The van der Waals surface area contributed by atoms with Crippen molar-refractivity contribution in [2.24, 2.45) is 0 Å². The van der Waals surface area contributed by atoms with Crippen molar-refractivity contribution < 1.29 is 18.0 Å². The zero-order valence-electron chi connectivity index (χ0n) is 12.7. The summed E-state index contributed by atoms with van der Waals surface area (Å²) in [5, 5.41) is 0. The molecule has 0 aliphatic heterocycles. The van der Waals surface area contributed by atoms with Gasteiger partial charge in [-0.1, -0.05) is 36.0 Å². The highest BCUT2D eigenvalue weighted by Gasteiger charge is 2.29. The molecule has 0 heterocycles. The van der Waals surface area contributed by atoms with Gasteiger partial charge in [0.25, 0.3) is 0 Å². The molecule has 2 rings (SSSR count). The van der Waals surface area contributed by atoms with E-state index in [-0.39, 0.29) is 12.2 Å². The second-order valence-corrected chi connectivity index (χ2v) is 4.92. The van der Waals surface area contributed by atoms with E-state index in [0.29, 0.717) is 12.0 Å². The molecule has 0 saturated carbocycles. The fraction of sp³-hybridized carbons (Fsp3) is 0.150. The van der Waals surface area contributed by atoms with Crippen LogP contribution in [0.25, 0.3) is 0 Å². The third kappa shape index (κ3) is 5.66. The molecule has 0 radical (unpaired) electrons. The first-order valence-corrected chi connectivity index (χ1v) is 7.21. The molecule has 0 N–H and O–H groups in total. The summed E-state index contributed by atoms with van der Waals surface area (Å²) < 4.78 is 37.3. The lowest BCUT2D eigenvalue weighted by atomic mass is 10.1. The monoisotopic (exact) mass is 326 g/mol. The Kier molecular flexibility index (Phi) is 5.82. The predicted octanol–water partition coefficient (Wildman–Crippen LogP) is 4.46. The number of carbonyl (C=O) groups excluding carboxylic acids is 1. The van der Waals surface area contributed by atoms with Gasteiger partial charge in [0.05, 0.1) is 5.56 Å². The topological polar surface area (TPSA) is 17.1 Å². The molecule has 0 aliphatic rings. The molecule has 0 aliphatic carbocycles. The Morgan fingerprint density at radius 2 is 1.50 bits per heavy atom. The van der Waals surface area contributed by atoms with E-state index < -0.39 is 11.7 Å². The van der Waals surface area contributed by atoms with Gasteiger partial charge in [-0.05, 0) is 42.3 Å². The van der Waals surface area contributed by atoms with Crippen molar-refractivity contribution in [2.45, 2.75) is 19.0 Å². The van der Waals surface area contributed by atoms with E-state index in [1.54, 1.807) is 0 Å². The average Bonchev–Trinajstić information content (AvgIpc) is 2.57. The van der Waals surface area contributed by atoms with Crippen LogP contribution in [0.15, 0.2) is 54.6 Å².